The van der Waals surface area contributed by atoms with Crippen LogP contribution >= 0.6 is 15.9 Å². The molecule has 35 heavy (non-hydrogen) atoms. The molecule has 1 aliphatic heterocycles. The summed E-state index contributed by atoms with van der Waals surface area (Å²) in [6, 6.07) is 20.9. The minimum atomic E-state index is -2.25. The van der Waals surface area contributed by atoms with E-state index < -0.39 is 29.3 Å². The van der Waals surface area contributed by atoms with Gasteiger partial charge in [-0.3, -0.25) is 4.90 Å². The van der Waals surface area contributed by atoms with Crippen molar-refractivity contribution >= 4 is 28.0 Å². The molecular weight excluding hydrogens is 510 g/mol. The van der Waals surface area contributed by atoms with Crippen LogP contribution in [0.2, 0.25) is 0 Å². The highest BCUT2D eigenvalue weighted by atomic mass is 79.9. The Morgan fingerprint density at radius 2 is 1.54 bits per heavy atom. The predicted molar refractivity (Wildman–Crippen MR) is 136 cm³/mol. The maximum Gasteiger partial charge on any atom is 0.411 e. The first-order valence-corrected chi connectivity index (χ1v) is 12.1. The number of rotatable bonds is 3. The highest BCUT2D eigenvalue weighted by Crippen LogP contribution is 2.49. The second-order valence-corrected chi connectivity index (χ2v) is 10.3. The number of benzene rings is 3. The molecule has 0 bridgehead atoms. The number of halogens is 1. The van der Waals surface area contributed by atoms with Crippen LogP contribution < -0.4 is 0 Å². The van der Waals surface area contributed by atoms with Crippen molar-refractivity contribution in [1.82, 2.24) is 4.90 Å². The van der Waals surface area contributed by atoms with Crippen molar-refractivity contribution in [2.24, 2.45) is 0 Å². The SMILES string of the molecule is COC(=O)[C@@](O)(c1ccccc1Br)C1c2ccccc2-c2ccccc2CN1C(=O)OC(C)(C)C. The number of hydrogen-bond acceptors (Lipinski definition) is 5. The van der Waals surface area contributed by atoms with E-state index in [1.165, 1.54) is 12.0 Å². The van der Waals surface area contributed by atoms with Gasteiger partial charge in [0.25, 0.3) is 0 Å². The number of nitrogens with zero attached hydrogens (tertiary/aromatic N) is 1. The lowest BCUT2D eigenvalue weighted by Crippen LogP contribution is -2.52. The van der Waals surface area contributed by atoms with Crippen molar-refractivity contribution in [3.63, 3.8) is 0 Å². The molecular formula is C28H28BrNO5. The first-order chi connectivity index (χ1) is 16.6. The average Bonchev–Trinajstić information content (AvgIpc) is 2.97. The van der Waals surface area contributed by atoms with Crippen molar-refractivity contribution in [3.8, 4) is 11.1 Å². The van der Waals surface area contributed by atoms with E-state index in [1.54, 1.807) is 45.0 Å². The Morgan fingerprint density at radius 3 is 2.20 bits per heavy atom. The van der Waals surface area contributed by atoms with Gasteiger partial charge in [0.2, 0.25) is 5.60 Å². The molecule has 3 aromatic carbocycles. The minimum Gasteiger partial charge on any atom is -0.467 e. The molecule has 7 heteroatoms. The van der Waals surface area contributed by atoms with Crippen LogP contribution in [0.15, 0.2) is 77.3 Å². The van der Waals surface area contributed by atoms with E-state index in [-0.39, 0.29) is 12.1 Å². The van der Waals surface area contributed by atoms with Gasteiger partial charge >= 0.3 is 12.1 Å². The van der Waals surface area contributed by atoms with E-state index >= 15 is 0 Å². The fourth-order valence-corrected chi connectivity index (χ4v) is 5.17. The summed E-state index contributed by atoms with van der Waals surface area (Å²) < 4.78 is 11.4. The first kappa shape index (κ1) is 24.9. The molecule has 0 fully saturated rings. The van der Waals surface area contributed by atoms with Gasteiger partial charge < -0.3 is 14.6 Å². The molecule has 1 N–H and O–H groups in total. The normalized spacial score (nSPS) is 16.9. The van der Waals surface area contributed by atoms with Gasteiger partial charge in [-0.25, -0.2) is 9.59 Å². The van der Waals surface area contributed by atoms with Gasteiger partial charge in [0.05, 0.1) is 13.7 Å². The van der Waals surface area contributed by atoms with E-state index in [0.717, 1.165) is 16.7 Å². The lowest BCUT2D eigenvalue weighted by Gasteiger charge is -2.41. The molecule has 1 aliphatic rings. The summed E-state index contributed by atoms with van der Waals surface area (Å²) >= 11 is 3.49. The molecule has 3 aromatic rings. The van der Waals surface area contributed by atoms with Crippen molar-refractivity contribution in [2.45, 2.75) is 44.6 Å². The molecule has 0 aromatic heterocycles. The number of ether oxygens (including phenoxy) is 2. The molecule has 0 aliphatic carbocycles. The highest BCUT2D eigenvalue weighted by molar-refractivity contribution is 9.10. The summed E-state index contributed by atoms with van der Waals surface area (Å²) in [5.74, 6) is -0.885. The van der Waals surface area contributed by atoms with Crippen molar-refractivity contribution in [1.29, 1.82) is 0 Å². The number of aliphatic hydroxyl groups is 1. The Bertz CT molecular complexity index is 1270. The van der Waals surface area contributed by atoms with Gasteiger partial charge in [-0.05, 0) is 49.1 Å². The summed E-state index contributed by atoms with van der Waals surface area (Å²) in [6.45, 7) is 5.45. The highest BCUT2D eigenvalue weighted by Gasteiger charge is 2.54. The largest absolute Gasteiger partial charge is 0.467 e. The quantitative estimate of drug-likeness (QED) is 0.416. The Kier molecular flexibility index (Phi) is 6.75. The summed E-state index contributed by atoms with van der Waals surface area (Å²) in [6.07, 6.45) is -0.650. The molecule has 1 heterocycles. The zero-order valence-electron chi connectivity index (χ0n) is 20.1. The Balaban J connectivity index is 2.06. The topological polar surface area (TPSA) is 76.1 Å². The number of hydrogen-bond donors (Lipinski definition) is 1. The van der Waals surface area contributed by atoms with E-state index in [9.17, 15) is 14.7 Å². The van der Waals surface area contributed by atoms with Gasteiger partial charge in [0.1, 0.15) is 11.6 Å². The summed E-state index contributed by atoms with van der Waals surface area (Å²) in [4.78, 5) is 28.6. The summed E-state index contributed by atoms with van der Waals surface area (Å²) in [5.41, 5.74) is 0.450. The molecule has 2 atom stereocenters. The molecule has 0 radical (unpaired) electrons. The van der Waals surface area contributed by atoms with Gasteiger partial charge in [-0.2, -0.15) is 0 Å². The fraction of sp³-hybridized carbons (Fsp3) is 0.286. The fourth-order valence-electron chi connectivity index (χ4n) is 4.58. The second-order valence-electron chi connectivity index (χ2n) is 9.49. The molecule has 1 amide bonds. The molecule has 6 nitrogen and oxygen atoms in total. The van der Waals surface area contributed by atoms with E-state index in [2.05, 4.69) is 15.9 Å². The lowest BCUT2D eigenvalue weighted by molar-refractivity contribution is -0.173. The number of carbonyl (C=O) groups is 2. The number of esters is 1. The van der Waals surface area contributed by atoms with Crippen LogP contribution in [0.1, 0.15) is 43.5 Å². The smallest absolute Gasteiger partial charge is 0.411 e. The second kappa shape index (κ2) is 9.47. The van der Waals surface area contributed by atoms with Crippen LogP contribution in [0.5, 0.6) is 0 Å². The van der Waals surface area contributed by atoms with Gasteiger partial charge in [0.15, 0.2) is 0 Å². The monoisotopic (exact) mass is 537 g/mol. The Labute approximate surface area is 213 Å². The lowest BCUT2D eigenvalue weighted by atomic mass is 9.79. The van der Waals surface area contributed by atoms with E-state index in [0.29, 0.717) is 10.0 Å². The molecule has 4 rings (SSSR count). The molecule has 0 spiro atoms. The maximum absolute atomic E-state index is 13.7. The zero-order valence-corrected chi connectivity index (χ0v) is 21.7. The molecule has 182 valence electrons. The number of fused-ring (bicyclic) bond motifs is 3. The third kappa shape index (κ3) is 4.58. The zero-order chi connectivity index (χ0) is 25.4. The van der Waals surface area contributed by atoms with Crippen molar-refractivity contribution < 1.29 is 24.2 Å². The third-order valence-corrected chi connectivity index (χ3v) is 6.71. The minimum absolute atomic E-state index is 0.119. The van der Waals surface area contributed by atoms with Crippen LogP contribution in [0.3, 0.4) is 0 Å². The number of methoxy groups -OCH3 is 1. The van der Waals surface area contributed by atoms with Gasteiger partial charge in [-0.1, -0.05) is 82.7 Å². The van der Waals surface area contributed by atoms with E-state index in [1.807, 2.05) is 48.5 Å². The van der Waals surface area contributed by atoms with Crippen molar-refractivity contribution in [3.05, 3.63) is 94.0 Å². The van der Waals surface area contributed by atoms with Crippen LogP contribution in [0.4, 0.5) is 4.79 Å². The van der Waals surface area contributed by atoms with Crippen LogP contribution in [0.25, 0.3) is 11.1 Å². The van der Waals surface area contributed by atoms with Crippen molar-refractivity contribution in [2.75, 3.05) is 7.11 Å². The molecule has 1 unspecified atom stereocenters. The predicted octanol–water partition coefficient (Wildman–Crippen LogP) is 5.97. The van der Waals surface area contributed by atoms with Gasteiger partial charge in [0, 0.05) is 10.0 Å². The van der Waals surface area contributed by atoms with E-state index in [4.69, 9.17) is 9.47 Å². The maximum atomic E-state index is 13.7. The van der Waals surface area contributed by atoms with Gasteiger partial charge in [-0.15, -0.1) is 0 Å². The Morgan fingerprint density at radius 1 is 0.943 bits per heavy atom. The summed E-state index contributed by atoms with van der Waals surface area (Å²) in [7, 11) is 1.22. The van der Waals surface area contributed by atoms with Crippen LogP contribution in [-0.4, -0.2) is 34.8 Å². The Hall–Kier alpha value is -3.16. The van der Waals surface area contributed by atoms with Crippen LogP contribution in [0, 0.1) is 0 Å². The summed E-state index contributed by atoms with van der Waals surface area (Å²) in [5, 5.41) is 12.4. The average molecular weight is 538 g/mol. The molecule has 0 saturated heterocycles. The first-order valence-electron chi connectivity index (χ1n) is 11.3. The number of carbonyl (C=O) groups excluding carboxylic acids is 2. The third-order valence-electron chi connectivity index (χ3n) is 6.02. The number of amides is 1. The standard InChI is InChI=1S/C28H28BrNO5/c1-27(2,3)35-26(32)30-17-18-11-5-6-12-19(18)20-13-7-8-14-21(20)24(30)28(33,25(31)34-4)22-15-9-10-16-23(22)29/h5-16,24,33H,17H2,1-4H3/t24?,28-/m1/s1. The molecule has 0 saturated carbocycles. The van der Waals surface area contributed by atoms with Crippen LogP contribution in [-0.2, 0) is 26.4 Å².